The number of halogens is 1. The van der Waals surface area contributed by atoms with Crippen molar-refractivity contribution in [1.82, 2.24) is 10.2 Å². The number of likely N-dealkylation sites (tertiary alicyclic amines) is 1. The number of fused-ring (bicyclic) bond motifs is 1. The van der Waals surface area contributed by atoms with Crippen LogP contribution in [0.4, 0.5) is 5.69 Å². The van der Waals surface area contributed by atoms with E-state index in [1.807, 2.05) is 6.07 Å². The average Bonchev–Trinajstić information content (AvgIpc) is 3.07. The van der Waals surface area contributed by atoms with Gasteiger partial charge in [0, 0.05) is 25.3 Å². The third-order valence-corrected chi connectivity index (χ3v) is 7.35. The van der Waals surface area contributed by atoms with Gasteiger partial charge in [-0.2, -0.15) is 0 Å². The maximum atomic E-state index is 12.8. The fourth-order valence-corrected chi connectivity index (χ4v) is 5.36. The number of amides is 1. The Kier molecular flexibility index (Phi) is 6.14. The number of benzene rings is 2. The molecule has 1 N–H and O–H groups in total. The molecule has 0 aromatic heterocycles. The van der Waals surface area contributed by atoms with E-state index >= 15 is 0 Å². The average molecular weight is 438 g/mol. The summed E-state index contributed by atoms with van der Waals surface area (Å²) in [6.07, 6.45) is 6.47. The lowest BCUT2D eigenvalue weighted by Crippen LogP contribution is -2.56. The molecular weight excluding hydrogens is 406 g/mol. The second-order valence-electron chi connectivity index (χ2n) is 9.17. The molecular formula is C26H32ClN3O. The third-order valence-electron chi connectivity index (χ3n) is 7.35. The Balaban J connectivity index is 0.00000231. The summed E-state index contributed by atoms with van der Waals surface area (Å²) in [7, 11) is 0. The van der Waals surface area contributed by atoms with Gasteiger partial charge in [0.05, 0.1) is 6.67 Å². The fourth-order valence-electron chi connectivity index (χ4n) is 5.36. The minimum atomic E-state index is -0.389. The molecule has 2 aromatic carbocycles. The van der Waals surface area contributed by atoms with Crippen molar-refractivity contribution in [3.8, 4) is 0 Å². The Hall–Kier alpha value is -2.30. The first kappa shape index (κ1) is 21.9. The van der Waals surface area contributed by atoms with Gasteiger partial charge in [0.25, 0.3) is 0 Å². The van der Waals surface area contributed by atoms with Crippen molar-refractivity contribution in [2.75, 3.05) is 31.2 Å². The topological polar surface area (TPSA) is 35.6 Å². The van der Waals surface area contributed by atoms with E-state index in [0.717, 1.165) is 51.0 Å². The lowest BCUT2D eigenvalue weighted by Gasteiger charge is -2.43. The molecule has 0 unspecified atom stereocenters. The first-order chi connectivity index (χ1) is 14.5. The molecule has 3 aliphatic rings. The standard InChI is InChI=1S/C26H31N3O.ClH/c1-19-14-22-9-8-21(16-23(22)15-20(19)2)17-28-12-10-26(11-13-28)25(30)27-18-29(26)24-6-4-3-5-7-24;/h3-7,14-16H,8-13,17-18H2,1-2H3,(H,27,30);1H. The lowest BCUT2D eigenvalue weighted by atomic mass is 9.84. The van der Waals surface area contributed by atoms with Crippen molar-refractivity contribution in [2.45, 2.75) is 45.1 Å². The zero-order valence-electron chi connectivity index (χ0n) is 18.5. The van der Waals surface area contributed by atoms with Gasteiger partial charge in [-0.15, -0.1) is 12.4 Å². The number of piperidine rings is 1. The minimum Gasteiger partial charge on any atom is -0.339 e. The number of anilines is 1. The van der Waals surface area contributed by atoms with Crippen molar-refractivity contribution in [1.29, 1.82) is 0 Å². The highest BCUT2D eigenvalue weighted by Gasteiger charge is 2.50. The summed E-state index contributed by atoms with van der Waals surface area (Å²) < 4.78 is 0. The molecule has 4 nitrogen and oxygen atoms in total. The smallest absolute Gasteiger partial charge is 0.247 e. The van der Waals surface area contributed by atoms with E-state index in [0.29, 0.717) is 6.67 Å². The number of aryl methyl sites for hydroxylation is 3. The highest BCUT2D eigenvalue weighted by Crippen LogP contribution is 2.36. The summed E-state index contributed by atoms with van der Waals surface area (Å²) in [6.45, 7) is 7.98. The summed E-state index contributed by atoms with van der Waals surface area (Å²) in [4.78, 5) is 17.7. The zero-order valence-corrected chi connectivity index (χ0v) is 19.3. The van der Waals surface area contributed by atoms with Crippen molar-refractivity contribution in [3.63, 3.8) is 0 Å². The first-order valence-corrected chi connectivity index (χ1v) is 11.2. The van der Waals surface area contributed by atoms with Crippen LogP contribution in [0.5, 0.6) is 0 Å². The molecule has 2 aliphatic heterocycles. The quantitative estimate of drug-likeness (QED) is 0.768. The van der Waals surface area contributed by atoms with Gasteiger partial charge in [0.1, 0.15) is 5.54 Å². The number of carbonyl (C=O) groups excluding carboxylic acids is 1. The molecule has 0 radical (unpaired) electrons. The molecule has 5 heteroatoms. The molecule has 2 fully saturated rings. The summed E-state index contributed by atoms with van der Waals surface area (Å²) in [5.41, 5.74) is 7.93. The van der Waals surface area contributed by atoms with Gasteiger partial charge >= 0.3 is 0 Å². The summed E-state index contributed by atoms with van der Waals surface area (Å²) in [6, 6.07) is 15.1. The van der Waals surface area contributed by atoms with Crippen LogP contribution in [0.2, 0.25) is 0 Å². The second kappa shape index (κ2) is 8.68. The van der Waals surface area contributed by atoms with E-state index < -0.39 is 0 Å². The van der Waals surface area contributed by atoms with Crippen LogP contribution in [-0.2, 0) is 11.2 Å². The molecule has 2 aromatic rings. The number of rotatable bonds is 3. The maximum absolute atomic E-state index is 12.8. The van der Waals surface area contributed by atoms with Crippen LogP contribution in [0, 0.1) is 13.8 Å². The minimum absolute atomic E-state index is 0. The Morgan fingerprint density at radius 3 is 2.45 bits per heavy atom. The second-order valence-corrected chi connectivity index (χ2v) is 9.17. The number of para-hydroxylation sites is 1. The molecule has 0 atom stereocenters. The largest absolute Gasteiger partial charge is 0.339 e. The number of hydrogen-bond acceptors (Lipinski definition) is 3. The summed E-state index contributed by atoms with van der Waals surface area (Å²) in [5, 5.41) is 3.10. The number of hydrogen-bond donors (Lipinski definition) is 1. The molecule has 164 valence electrons. The van der Waals surface area contributed by atoms with Gasteiger partial charge in [0.2, 0.25) is 5.91 Å². The van der Waals surface area contributed by atoms with E-state index in [1.54, 1.807) is 0 Å². The highest BCUT2D eigenvalue weighted by molar-refractivity contribution is 5.93. The molecule has 1 amide bonds. The van der Waals surface area contributed by atoms with Crippen molar-refractivity contribution in [3.05, 3.63) is 70.3 Å². The molecule has 2 heterocycles. The van der Waals surface area contributed by atoms with Gasteiger partial charge in [0.15, 0.2) is 0 Å². The maximum Gasteiger partial charge on any atom is 0.247 e. The Morgan fingerprint density at radius 1 is 1.00 bits per heavy atom. The predicted octanol–water partition coefficient (Wildman–Crippen LogP) is 4.48. The Morgan fingerprint density at radius 2 is 1.71 bits per heavy atom. The van der Waals surface area contributed by atoms with Crippen LogP contribution in [0.3, 0.4) is 0 Å². The van der Waals surface area contributed by atoms with Gasteiger partial charge in [-0.3, -0.25) is 9.69 Å². The van der Waals surface area contributed by atoms with Gasteiger partial charge < -0.3 is 10.2 Å². The van der Waals surface area contributed by atoms with Crippen LogP contribution < -0.4 is 10.2 Å². The van der Waals surface area contributed by atoms with Crippen LogP contribution in [0.1, 0.15) is 41.5 Å². The Bertz CT molecular complexity index is 993. The summed E-state index contributed by atoms with van der Waals surface area (Å²) in [5.74, 6) is 0.197. The normalized spacial score (nSPS) is 20.1. The van der Waals surface area contributed by atoms with Gasteiger partial charge in [-0.25, -0.2) is 0 Å². The van der Waals surface area contributed by atoms with E-state index in [-0.39, 0.29) is 23.9 Å². The van der Waals surface area contributed by atoms with E-state index in [9.17, 15) is 4.79 Å². The lowest BCUT2D eigenvalue weighted by molar-refractivity contribution is -0.125. The third kappa shape index (κ3) is 3.99. The van der Waals surface area contributed by atoms with Crippen LogP contribution >= 0.6 is 12.4 Å². The number of nitrogens with zero attached hydrogens (tertiary/aromatic N) is 2. The molecule has 0 bridgehead atoms. The highest BCUT2D eigenvalue weighted by atomic mass is 35.5. The Labute approximate surface area is 191 Å². The van der Waals surface area contributed by atoms with E-state index in [1.165, 1.54) is 27.8 Å². The van der Waals surface area contributed by atoms with Gasteiger partial charge in [-0.05, 0) is 73.9 Å². The van der Waals surface area contributed by atoms with Crippen molar-refractivity contribution < 1.29 is 4.79 Å². The summed E-state index contributed by atoms with van der Waals surface area (Å²) >= 11 is 0. The number of nitrogens with one attached hydrogen (secondary N) is 1. The molecule has 2 saturated heterocycles. The zero-order chi connectivity index (χ0) is 20.7. The molecule has 1 aliphatic carbocycles. The monoisotopic (exact) mass is 437 g/mol. The van der Waals surface area contributed by atoms with Gasteiger partial charge in [-0.1, -0.05) is 42.0 Å². The number of carbonyl (C=O) groups is 1. The van der Waals surface area contributed by atoms with E-state index in [2.05, 4.69) is 71.4 Å². The predicted molar refractivity (Wildman–Crippen MR) is 130 cm³/mol. The van der Waals surface area contributed by atoms with Crippen LogP contribution in [0.25, 0.3) is 6.08 Å². The molecule has 0 saturated carbocycles. The fraction of sp³-hybridized carbons (Fsp3) is 0.423. The van der Waals surface area contributed by atoms with Crippen LogP contribution in [0.15, 0.2) is 48.0 Å². The molecule has 5 rings (SSSR count). The van der Waals surface area contributed by atoms with Crippen molar-refractivity contribution in [2.24, 2.45) is 0 Å². The van der Waals surface area contributed by atoms with Crippen LogP contribution in [-0.4, -0.2) is 42.6 Å². The van der Waals surface area contributed by atoms with E-state index in [4.69, 9.17) is 0 Å². The first-order valence-electron chi connectivity index (χ1n) is 11.2. The SMILES string of the molecule is Cc1cc2c(cc1C)CCC(CN1CCC3(CC1)C(=O)NCN3c1ccccc1)=C2.Cl. The molecule has 1 spiro atoms. The molecule has 31 heavy (non-hydrogen) atoms. The van der Waals surface area contributed by atoms with Crippen molar-refractivity contribution >= 4 is 30.1 Å².